The minimum absolute atomic E-state index is 0.0825. The van der Waals surface area contributed by atoms with Gasteiger partial charge in [-0.3, -0.25) is 14.4 Å². The first-order chi connectivity index (χ1) is 13.8. The Morgan fingerprint density at radius 1 is 0.931 bits per heavy atom. The van der Waals surface area contributed by atoms with Crippen LogP contribution < -0.4 is 25.0 Å². The Balaban J connectivity index is 2.07. The third-order valence-corrected chi connectivity index (χ3v) is 4.09. The van der Waals surface area contributed by atoms with Crippen LogP contribution in [0.2, 0.25) is 0 Å². The van der Waals surface area contributed by atoms with Crippen LogP contribution in [0.3, 0.4) is 0 Å². The molecule has 0 saturated heterocycles. The van der Waals surface area contributed by atoms with Crippen molar-refractivity contribution in [1.29, 1.82) is 0 Å². The predicted octanol–water partition coefficient (Wildman–Crippen LogP) is 3.04. The summed E-state index contributed by atoms with van der Waals surface area (Å²) in [7, 11) is 3.05. The van der Waals surface area contributed by atoms with Crippen LogP contribution >= 0.6 is 0 Å². The van der Waals surface area contributed by atoms with Crippen LogP contribution in [0, 0.1) is 0 Å². The largest absolute Gasteiger partial charge is 0.497 e. The van der Waals surface area contributed by atoms with Crippen LogP contribution in [0.4, 0.5) is 17.1 Å². The van der Waals surface area contributed by atoms with Crippen molar-refractivity contribution >= 4 is 34.8 Å². The second kappa shape index (κ2) is 10.1. The van der Waals surface area contributed by atoms with Gasteiger partial charge in [-0.15, -0.1) is 0 Å². The predicted molar refractivity (Wildman–Crippen MR) is 112 cm³/mol. The van der Waals surface area contributed by atoms with Gasteiger partial charge in [0.2, 0.25) is 17.7 Å². The first kappa shape index (κ1) is 21.7. The van der Waals surface area contributed by atoms with Gasteiger partial charge in [0.1, 0.15) is 11.5 Å². The fraction of sp³-hybridized carbons (Fsp3) is 0.286. The van der Waals surface area contributed by atoms with Crippen LogP contribution in [-0.2, 0) is 14.4 Å². The SMILES string of the molecule is COc1ccc(N(CCC(=O)Nc2cccc(NC(C)=O)c2)C(C)=O)c(OC)c1. The van der Waals surface area contributed by atoms with Gasteiger partial charge in [0.25, 0.3) is 0 Å². The molecule has 8 nitrogen and oxygen atoms in total. The van der Waals surface area contributed by atoms with E-state index in [9.17, 15) is 14.4 Å². The molecule has 2 aromatic rings. The van der Waals surface area contributed by atoms with Crippen LogP contribution in [0.1, 0.15) is 20.3 Å². The number of hydrogen-bond acceptors (Lipinski definition) is 5. The van der Waals surface area contributed by atoms with Gasteiger partial charge in [-0.05, 0) is 30.3 Å². The van der Waals surface area contributed by atoms with Crippen LogP contribution in [0.15, 0.2) is 42.5 Å². The summed E-state index contributed by atoms with van der Waals surface area (Å²) < 4.78 is 10.5. The fourth-order valence-electron chi connectivity index (χ4n) is 2.77. The molecule has 0 atom stereocenters. The minimum atomic E-state index is -0.260. The summed E-state index contributed by atoms with van der Waals surface area (Å²) >= 11 is 0. The zero-order chi connectivity index (χ0) is 21.4. The molecule has 2 N–H and O–H groups in total. The van der Waals surface area contributed by atoms with Crippen molar-refractivity contribution in [3.05, 3.63) is 42.5 Å². The minimum Gasteiger partial charge on any atom is -0.497 e. The number of carbonyl (C=O) groups excluding carboxylic acids is 3. The summed E-state index contributed by atoms with van der Waals surface area (Å²) in [5.41, 5.74) is 1.70. The quantitative estimate of drug-likeness (QED) is 0.711. The zero-order valence-corrected chi connectivity index (χ0v) is 16.9. The van der Waals surface area contributed by atoms with E-state index in [4.69, 9.17) is 9.47 Å². The van der Waals surface area contributed by atoms with E-state index in [0.717, 1.165) is 0 Å². The number of nitrogens with zero attached hydrogens (tertiary/aromatic N) is 1. The number of hydrogen-bond donors (Lipinski definition) is 2. The molecule has 29 heavy (non-hydrogen) atoms. The van der Waals surface area contributed by atoms with Crippen LogP contribution in [-0.4, -0.2) is 38.5 Å². The average molecular weight is 399 g/mol. The Hall–Kier alpha value is -3.55. The van der Waals surface area contributed by atoms with E-state index in [2.05, 4.69) is 10.6 Å². The standard InChI is InChI=1S/C21H25N3O5/c1-14(25)22-16-6-5-7-17(12-16)23-21(27)10-11-24(15(2)26)19-9-8-18(28-3)13-20(19)29-4/h5-9,12-13H,10-11H2,1-4H3,(H,22,25)(H,23,27). The van der Waals surface area contributed by atoms with Crippen molar-refractivity contribution in [2.24, 2.45) is 0 Å². The Labute approximate surface area is 169 Å². The van der Waals surface area contributed by atoms with E-state index < -0.39 is 0 Å². The summed E-state index contributed by atoms with van der Waals surface area (Å²) in [5, 5.41) is 5.43. The number of benzene rings is 2. The van der Waals surface area contributed by atoms with E-state index in [1.165, 1.54) is 25.9 Å². The number of carbonyl (C=O) groups is 3. The maximum Gasteiger partial charge on any atom is 0.226 e. The maximum absolute atomic E-state index is 12.4. The van der Waals surface area contributed by atoms with Gasteiger partial charge < -0.3 is 25.0 Å². The number of ether oxygens (including phenoxy) is 2. The monoisotopic (exact) mass is 399 g/mol. The van der Waals surface area contributed by atoms with E-state index in [1.54, 1.807) is 49.6 Å². The molecule has 3 amide bonds. The number of amides is 3. The van der Waals surface area contributed by atoms with Crippen molar-refractivity contribution in [2.75, 3.05) is 36.3 Å². The highest BCUT2D eigenvalue weighted by atomic mass is 16.5. The van der Waals surface area contributed by atoms with Crippen molar-refractivity contribution in [2.45, 2.75) is 20.3 Å². The molecule has 0 aromatic heterocycles. The van der Waals surface area contributed by atoms with Gasteiger partial charge in [-0.1, -0.05) is 6.07 Å². The van der Waals surface area contributed by atoms with Gasteiger partial charge in [-0.2, -0.15) is 0 Å². The summed E-state index contributed by atoms with van der Waals surface area (Å²) in [4.78, 5) is 37.2. The van der Waals surface area contributed by atoms with E-state index in [0.29, 0.717) is 28.6 Å². The molecule has 2 aromatic carbocycles. The average Bonchev–Trinajstić information content (AvgIpc) is 2.67. The first-order valence-electron chi connectivity index (χ1n) is 9.01. The van der Waals surface area contributed by atoms with E-state index in [1.807, 2.05) is 0 Å². The van der Waals surface area contributed by atoms with Crippen LogP contribution in [0.5, 0.6) is 11.5 Å². The van der Waals surface area contributed by atoms with Crippen molar-refractivity contribution in [1.82, 2.24) is 0 Å². The highest BCUT2D eigenvalue weighted by molar-refractivity contribution is 5.96. The third-order valence-electron chi connectivity index (χ3n) is 4.09. The van der Waals surface area contributed by atoms with Crippen molar-refractivity contribution in [3.63, 3.8) is 0 Å². The van der Waals surface area contributed by atoms with Gasteiger partial charge >= 0.3 is 0 Å². The lowest BCUT2D eigenvalue weighted by Gasteiger charge is -2.23. The summed E-state index contributed by atoms with van der Waals surface area (Å²) in [6.07, 6.45) is 0.0825. The summed E-state index contributed by atoms with van der Waals surface area (Å²) in [6.45, 7) is 3.02. The number of nitrogens with one attached hydrogen (secondary N) is 2. The molecule has 0 saturated carbocycles. The Morgan fingerprint density at radius 2 is 1.62 bits per heavy atom. The van der Waals surface area contributed by atoms with Crippen molar-refractivity contribution < 1.29 is 23.9 Å². The van der Waals surface area contributed by atoms with Gasteiger partial charge in [0, 0.05) is 44.3 Å². The highest BCUT2D eigenvalue weighted by Gasteiger charge is 2.18. The molecule has 0 aliphatic carbocycles. The van der Waals surface area contributed by atoms with Crippen molar-refractivity contribution in [3.8, 4) is 11.5 Å². The maximum atomic E-state index is 12.4. The molecule has 0 radical (unpaired) electrons. The first-order valence-corrected chi connectivity index (χ1v) is 9.01. The Kier molecular flexibility index (Phi) is 7.59. The lowest BCUT2D eigenvalue weighted by Crippen LogP contribution is -2.32. The number of rotatable bonds is 8. The zero-order valence-electron chi connectivity index (χ0n) is 16.9. The smallest absolute Gasteiger partial charge is 0.226 e. The molecule has 0 unspecified atom stereocenters. The molecule has 8 heteroatoms. The molecule has 0 spiro atoms. The van der Waals surface area contributed by atoms with Gasteiger partial charge in [-0.25, -0.2) is 0 Å². The van der Waals surface area contributed by atoms with Gasteiger partial charge in [0.15, 0.2) is 0 Å². The van der Waals surface area contributed by atoms with E-state index >= 15 is 0 Å². The molecule has 0 heterocycles. The fourth-order valence-corrected chi connectivity index (χ4v) is 2.77. The molecule has 0 aliphatic rings. The molecule has 0 bridgehead atoms. The highest BCUT2D eigenvalue weighted by Crippen LogP contribution is 2.32. The Morgan fingerprint density at radius 3 is 2.21 bits per heavy atom. The second-order valence-electron chi connectivity index (χ2n) is 6.27. The molecule has 0 fully saturated rings. The van der Waals surface area contributed by atoms with Crippen LogP contribution in [0.25, 0.3) is 0 Å². The normalized spacial score (nSPS) is 10.1. The lowest BCUT2D eigenvalue weighted by atomic mass is 10.2. The summed E-state index contributed by atoms with van der Waals surface area (Å²) in [6, 6.07) is 12.0. The lowest BCUT2D eigenvalue weighted by molar-refractivity contribution is -0.117. The Bertz CT molecular complexity index is 898. The molecule has 2 rings (SSSR count). The topological polar surface area (TPSA) is 97.0 Å². The number of anilines is 3. The molecular formula is C21H25N3O5. The summed E-state index contributed by atoms with van der Waals surface area (Å²) in [5.74, 6) is 0.408. The second-order valence-corrected chi connectivity index (χ2v) is 6.27. The third kappa shape index (κ3) is 6.24. The number of methoxy groups -OCH3 is 2. The van der Waals surface area contributed by atoms with E-state index in [-0.39, 0.29) is 30.7 Å². The molecule has 0 aliphatic heterocycles. The molecular weight excluding hydrogens is 374 g/mol. The van der Waals surface area contributed by atoms with Gasteiger partial charge in [0.05, 0.1) is 19.9 Å². The molecule has 154 valence electrons.